The smallest absolute Gasteiger partial charge is 0.273 e. The van der Waals surface area contributed by atoms with Crippen LogP contribution in [0.3, 0.4) is 0 Å². The topological polar surface area (TPSA) is 77.6 Å². The third-order valence-corrected chi connectivity index (χ3v) is 5.40. The highest BCUT2D eigenvalue weighted by Crippen LogP contribution is 2.27. The van der Waals surface area contributed by atoms with E-state index < -0.39 is 6.04 Å². The van der Waals surface area contributed by atoms with Crippen molar-refractivity contribution < 1.29 is 9.53 Å². The summed E-state index contributed by atoms with van der Waals surface area (Å²) < 4.78 is 9.48. The van der Waals surface area contributed by atoms with Gasteiger partial charge in [-0.25, -0.2) is 4.52 Å². The van der Waals surface area contributed by atoms with Gasteiger partial charge in [0, 0.05) is 29.3 Å². The molecular weight excluding hydrogens is 392 g/mol. The largest absolute Gasteiger partial charge is 0.494 e. The van der Waals surface area contributed by atoms with E-state index in [-0.39, 0.29) is 11.5 Å². The number of aryl methyl sites for hydroxylation is 1. The fourth-order valence-electron chi connectivity index (χ4n) is 4.03. The molecule has 1 atom stereocenters. The van der Waals surface area contributed by atoms with Gasteiger partial charge in [0.1, 0.15) is 11.8 Å². The Labute approximate surface area is 180 Å². The highest BCUT2D eigenvalue weighted by atomic mass is 16.5. The molecule has 0 saturated carbocycles. The zero-order valence-electron chi connectivity index (χ0n) is 18.0. The molecule has 0 unspecified atom stereocenters. The minimum Gasteiger partial charge on any atom is -0.494 e. The summed E-state index contributed by atoms with van der Waals surface area (Å²) in [5.74, 6) is 0.669. The van der Waals surface area contributed by atoms with Crippen molar-refractivity contribution in [1.82, 2.24) is 19.5 Å². The Kier molecular flexibility index (Phi) is 5.75. The fourth-order valence-corrected chi connectivity index (χ4v) is 4.03. The number of benzene rings is 2. The van der Waals surface area contributed by atoms with Gasteiger partial charge in [-0.2, -0.15) is 4.98 Å². The molecule has 1 N–H and O–H groups in total. The lowest BCUT2D eigenvalue weighted by atomic mass is 10.1. The number of hydrogen-bond acceptors (Lipinski definition) is 4. The van der Waals surface area contributed by atoms with Crippen molar-refractivity contribution in [1.29, 1.82) is 0 Å². The van der Waals surface area contributed by atoms with E-state index in [4.69, 9.17) is 4.74 Å². The molecular formula is C24H26N4O3. The van der Waals surface area contributed by atoms with E-state index in [1.54, 1.807) is 0 Å². The molecule has 0 saturated heterocycles. The predicted molar refractivity (Wildman–Crippen MR) is 120 cm³/mol. The van der Waals surface area contributed by atoms with Crippen LogP contribution in [0.15, 0.2) is 59.4 Å². The first-order valence-corrected chi connectivity index (χ1v) is 10.5. The van der Waals surface area contributed by atoms with Crippen molar-refractivity contribution in [2.24, 2.45) is 0 Å². The number of fused-ring (bicyclic) bond motifs is 3. The molecule has 0 aliphatic carbocycles. The van der Waals surface area contributed by atoms with Gasteiger partial charge < -0.3 is 10.1 Å². The maximum Gasteiger partial charge on any atom is 0.273 e. The van der Waals surface area contributed by atoms with Gasteiger partial charge in [-0.15, -0.1) is 0 Å². The van der Waals surface area contributed by atoms with E-state index in [1.807, 2.05) is 78.5 Å². The molecule has 0 aliphatic rings. The van der Waals surface area contributed by atoms with Gasteiger partial charge in [-0.3, -0.25) is 14.3 Å². The van der Waals surface area contributed by atoms with Crippen LogP contribution >= 0.6 is 0 Å². The quantitative estimate of drug-likeness (QED) is 0.497. The second-order valence-electron chi connectivity index (χ2n) is 7.42. The molecule has 4 aromatic rings. The molecule has 2 aromatic carbocycles. The van der Waals surface area contributed by atoms with E-state index in [0.29, 0.717) is 25.2 Å². The normalized spacial score (nSPS) is 12.2. The molecule has 7 heteroatoms. The van der Waals surface area contributed by atoms with E-state index >= 15 is 0 Å². The van der Waals surface area contributed by atoms with Crippen LogP contribution < -0.4 is 15.6 Å². The zero-order chi connectivity index (χ0) is 22.0. The van der Waals surface area contributed by atoms with Gasteiger partial charge in [0.05, 0.1) is 12.1 Å². The average Bonchev–Trinajstić information content (AvgIpc) is 3.09. The van der Waals surface area contributed by atoms with Gasteiger partial charge in [0.2, 0.25) is 5.91 Å². The number of rotatable bonds is 7. The van der Waals surface area contributed by atoms with Gasteiger partial charge in [-0.05, 0) is 38.5 Å². The number of nitrogens with zero attached hydrogens (tertiary/aromatic N) is 3. The number of carbonyl (C=O) groups excluding carboxylic acids is 1. The molecule has 2 aromatic heterocycles. The van der Waals surface area contributed by atoms with Crippen molar-refractivity contribution in [3.8, 4) is 5.75 Å². The molecule has 0 fully saturated rings. The Morgan fingerprint density at radius 1 is 1.13 bits per heavy atom. The summed E-state index contributed by atoms with van der Waals surface area (Å²) in [5.41, 5.74) is 2.80. The van der Waals surface area contributed by atoms with Gasteiger partial charge >= 0.3 is 0 Å². The Hall–Kier alpha value is -3.61. The van der Waals surface area contributed by atoms with Gasteiger partial charge in [0.15, 0.2) is 5.65 Å². The predicted octanol–water partition coefficient (Wildman–Crippen LogP) is 3.62. The number of aromatic nitrogens is 3. The summed E-state index contributed by atoms with van der Waals surface area (Å²) in [7, 11) is 0. The maximum absolute atomic E-state index is 13.3. The molecule has 0 aliphatic heterocycles. The molecule has 7 nitrogen and oxygen atoms in total. The summed E-state index contributed by atoms with van der Waals surface area (Å²) in [6, 6.07) is 16.4. The minimum atomic E-state index is -0.468. The van der Waals surface area contributed by atoms with Crippen LogP contribution in [0.2, 0.25) is 0 Å². The third-order valence-electron chi connectivity index (χ3n) is 5.40. The average molecular weight is 418 g/mol. The number of ether oxygens (including phenoxy) is 1. The Bertz CT molecular complexity index is 1310. The lowest BCUT2D eigenvalue weighted by molar-refractivity contribution is -0.124. The van der Waals surface area contributed by atoms with Crippen LogP contribution in [0.1, 0.15) is 37.6 Å². The summed E-state index contributed by atoms with van der Waals surface area (Å²) in [5, 5.41) is 3.91. The van der Waals surface area contributed by atoms with Crippen LogP contribution in [0, 0.1) is 6.92 Å². The van der Waals surface area contributed by atoms with E-state index in [2.05, 4.69) is 10.3 Å². The van der Waals surface area contributed by atoms with E-state index in [1.165, 1.54) is 6.07 Å². The SMILES string of the molecule is CCOc1ccccc1CNC(=O)[C@@H](CC)n1c2ccccc2c2nc(=O)cc(C)n21. The standard InChI is InChI=1S/C24H26N4O3/c1-4-19(24(30)25-15-17-10-6-9-13-21(17)31-5-2)28-20-12-8-7-11-18(20)23-26-22(29)14-16(3)27(23)28/h6-14,19H,4-5,15H2,1-3H3,(H,25,30)/t19-/m1/s1. The van der Waals surface area contributed by atoms with Crippen molar-refractivity contribution in [2.75, 3.05) is 6.61 Å². The monoisotopic (exact) mass is 418 g/mol. The number of amides is 1. The number of carbonyl (C=O) groups is 1. The molecule has 31 heavy (non-hydrogen) atoms. The molecule has 2 heterocycles. The molecule has 0 radical (unpaired) electrons. The number of nitrogens with one attached hydrogen (secondary N) is 1. The first kappa shape index (κ1) is 20.7. The van der Waals surface area contributed by atoms with Crippen molar-refractivity contribution in [3.05, 3.63) is 76.2 Å². The molecule has 0 spiro atoms. The lowest BCUT2D eigenvalue weighted by Crippen LogP contribution is -2.34. The van der Waals surface area contributed by atoms with Crippen molar-refractivity contribution in [2.45, 2.75) is 39.8 Å². The van der Waals surface area contributed by atoms with Crippen molar-refractivity contribution >= 4 is 22.5 Å². The highest BCUT2D eigenvalue weighted by molar-refractivity contribution is 5.94. The summed E-state index contributed by atoms with van der Waals surface area (Å²) in [4.78, 5) is 29.6. The molecule has 160 valence electrons. The summed E-state index contributed by atoms with van der Waals surface area (Å²) in [6.45, 7) is 6.70. The van der Waals surface area contributed by atoms with E-state index in [0.717, 1.165) is 27.9 Å². The second-order valence-corrected chi connectivity index (χ2v) is 7.42. The lowest BCUT2D eigenvalue weighted by Gasteiger charge is -2.21. The van der Waals surface area contributed by atoms with Crippen LogP contribution in [0.5, 0.6) is 5.75 Å². The minimum absolute atomic E-state index is 0.102. The Morgan fingerprint density at radius 3 is 2.65 bits per heavy atom. The maximum atomic E-state index is 13.3. The van der Waals surface area contributed by atoms with E-state index in [9.17, 15) is 9.59 Å². The van der Waals surface area contributed by atoms with Crippen LogP contribution in [0.25, 0.3) is 16.6 Å². The molecule has 4 rings (SSSR count). The summed E-state index contributed by atoms with van der Waals surface area (Å²) in [6.07, 6.45) is 0.582. The third kappa shape index (κ3) is 3.79. The Morgan fingerprint density at radius 2 is 1.87 bits per heavy atom. The van der Waals surface area contributed by atoms with Crippen LogP contribution in [0.4, 0.5) is 0 Å². The van der Waals surface area contributed by atoms with Gasteiger partial charge in [0.25, 0.3) is 5.56 Å². The first-order valence-electron chi connectivity index (χ1n) is 10.5. The van der Waals surface area contributed by atoms with Crippen molar-refractivity contribution in [3.63, 3.8) is 0 Å². The Balaban J connectivity index is 1.74. The fraction of sp³-hybridized carbons (Fsp3) is 0.292. The van der Waals surface area contributed by atoms with Gasteiger partial charge in [-0.1, -0.05) is 37.3 Å². The summed E-state index contributed by atoms with van der Waals surface area (Å²) >= 11 is 0. The highest BCUT2D eigenvalue weighted by Gasteiger charge is 2.24. The van der Waals surface area contributed by atoms with Crippen LogP contribution in [-0.2, 0) is 11.3 Å². The molecule has 1 amide bonds. The second kappa shape index (κ2) is 8.63. The molecule has 0 bridgehead atoms. The van der Waals surface area contributed by atoms with Crippen LogP contribution in [-0.4, -0.2) is 26.7 Å². The zero-order valence-corrected chi connectivity index (χ0v) is 18.0. The number of para-hydroxylation sites is 2. The number of hydrogen-bond donors (Lipinski definition) is 1. The first-order chi connectivity index (χ1) is 15.0.